The maximum absolute atomic E-state index is 9.99. The first-order valence-electron chi connectivity index (χ1n) is 4.82. The Kier molecular flexibility index (Phi) is 2.34. The van der Waals surface area contributed by atoms with Crippen molar-refractivity contribution in [2.75, 3.05) is 5.32 Å². The molecule has 0 unspecified atom stereocenters. The second kappa shape index (κ2) is 3.65. The zero-order valence-corrected chi connectivity index (χ0v) is 8.62. The number of rotatable bonds is 2. The Balaban J connectivity index is 2.59. The maximum Gasteiger partial charge on any atom is 0.146 e. The smallest absolute Gasteiger partial charge is 0.146 e. The Hall–Kier alpha value is -1.96. The Morgan fingerprint density at radius 3 is 2.67 bits per heavy atom. The third-order valence-corrected chi connectivity index (χ3v) is 2.25. The van der Waals surface area contributed by atoms with E-state index in [4.69, 9.17) is 0 Å². The van der Waals surface area contributed by atoms with E-state index in [0.29, 0.717) is 5.69 Å². The molecule has 2 N–H and O–H groups in total. The van der Waals surface area contributed by atoms with Crippen molar-refractivity contribution in [3.05, 3.63) is 48.7 Å². The van der Waals surface area contributed by atoms with Gasteiger partial charge in [-0.3, -0.25) is 0 Å². The highest BCUT2D eigenvalue weighted by molar-refractivity contribution is 5.93. The van der Waals surface area contributed by atoms with Crippen LogP contribution in [0.2, 0.25) is 0 Å². The van der Waals surface area contributed by atoms with E-state index in [2.05, 4.69) is 11.9 Å². The predicted octanol–water partition coefficient (Wildman–Crippen LogP) is 3.49. The van der Waals surface area contributed by atoms with Gasteiger partial charge in [0.25, 0.3) is 0 Å². The van der Waals surface area contributed by atoms with Crippen molar-refractivity contribution in [1.82, 2.24) is 0 Å². The number of phenolic OH excluding ortho intramolecular Hbond substituents is 1. The van der Waals surface area contributed by atoms with Crippen LogP contribution in [-0.2, 0) is 0 Å². The van der Waals surface area contributed by atoms with Crippen LogP contribution >= 0.6 is 0 Å². The molecule has 0 radical (unpaired) electrons. The standard InChI is InChI=1S/C13H13NO/c1-9(2)14-12-8-7-10-5-3-4-6-11(10)13(12)15/h3-8,14-15H,1H2,2H3. The third-order valence-electron chi connectivity index (χ3n) is 2.25. The summed E-state index contributed by atoms with van der Waals surface area (Å²) >= 11 is 0. The minimum absolute atomic E-state index is 0.274. The van der Waals surface area contributed by atoms with Crippen LogP contribution in [0.4, 0.5) is 5.69 Å². The monoisotopic (exact) mass is 199 g/mol. The summed E-state index contributed by atoms with van der Waals surface area (Å²) in [5, 5.41) is 14.9. The summed E-state index contributed by atoms with van der Waals surface area (Å²) < 4.78 is 0. The number of anilines is 1. The first-order valence-corrected chi connectivity index (χ1v) is 4.82. The first-order chi connectivity index (χ1) is 7.18. The second-order valence-electron chi connectivity index (χ2n) is 3.59. The van der Waals surface area contributed by atoms with Crippen LogP contribution in [-0.4, -0.2) is 5.11 Å². The quantitative estimate of drug-likeness (QED) is 0.725. The van der Waals surface area contributed by atoms with Crippen LogP contribution in [0.5, 0.6) is 5.75 Å². The van der Waals surface area contributed by atoms with Crippen molar-refractivity contribution in [3.63, 3.8) is 0 Å². The lowest BCUT2D eigenvalue weighted by atomic mass is 10.1. The fraction of sp³-hybridized carbons (Fsp3) is 0.0769. The van der Waals surface area contributed by atoms with Gasteiger partial charge in [-0.2, -0.15) is 0 Å². The molecule has 0 heterocycles. The molecular weight excluding hydrogens is 186 g/mol. The fourth-order valence-electron chi connectivity index (χ4n) is 1.59. The summed E-state index contributed by atoms with van der Waals surface area (Å²) in [6.07, 6.45) is 0. The van der Waals surface area contributed by atoms with Crippen LogP contribution in [0.25, 0.3) is 10.8 Å². The van der Waals surface area contributed by atoms with Gasteiger partial charge in [0.2, 0.25) is 0 Å². The molecule has 2 rings (SSSR count). The third kappa shape index (κ3) is 1.79. The summed E-state index contributed by atoms with van der Waals surface area (Å²) in [4.78, 5) is 0. The summed E-state index contributed by atoms with van der Waals surface area (Å²) in [7, 11) is 0. The van der Waals surface area contributed by atoms with E-state index in [-0.39, 0.29) is 5.75 Å². The van der Waals surface area contributed by atoms with Gasteiger partial charge in [-0.15, -0.1) is 0 Å². The summed E-state index contributed by atoms with van der Waals surface area (Å²) in [5.41, 5.74) is 1.50. The number of benzene rings is 2. The Bertz CT molecular complexity index is 517. The van der Waals surface area contributed by atoms with E-state index < -0.39 is 0 Å². The highest BCUT2D eigenvalue weighted by Crippen LogP contribution is 2.32. The van der Waals surface area contributed by atoms with Crippen molar-refractivity contribution >= 4 is 16.5 Å². The largest absolute Gasteiger partial charge is 0.505 e. The molecule has 2 aromatic rings. The Morgan fingerprint density at radius 1 is 1.20 bits per heavy atom. The van der Waals surface area contributed by atoms with Crippen LogP contribution in [0.1, 0.15) is 6.92 Å². The molecule has 0 saturated carbocycles. The second-order valence-corrected chi connectivity index (χ2v) is 3.59. The molecule has 76 valence electrons. The number of hydrogen-bond acceptors (Lipinski definition) is 2. The minimum atomic E-state index is 0.274. The average Bonchev–Trinajstić information content (AvgIpc) is 2.22. The van der Waals surface area contributed by atoms with E-state index in [9.17, 15) is 5.11 Å². The molecule has 2 aromatic carbocycles. The lowest BCUT2D eigenvalue weighted by Gasteiger charge is -2.09. The van der Waals surface area contributed by atoms with Crippen LogP contribution in [0.3, 0.4) is 0 Å². The van der Waals surface area contributed by atoms with E-state index in [1.807, 2.05) is 43.3 Å². The van der Waals surface area contributed by atoms with Gasteiger partial charge in [-0.1, -0.05) is 36.9 Å². The van der Waals surface area contributed by atoms with Crippen molar-refractivity contribution in [3.8, 4) is 5.75 Å². The van der Waals surface area contributed by atoms with Crippen LogP contribution < -0.4 is 5.32 Å². The molecule has 2 heteroatoms. The van der Waals surface area contributed by atoms with Crippen molar-refractivity contribution in [2.45, 2.75) is 6.92 Å². The molecule has 0 aliphatic rings. The van der Waals surface area contributed by atoms with E-state index in [1.54, 1.807) is 0 Å². The first kappa shape index (κ1) is 9.59. The van der Waals surface area contributed by atoms with Crippen molar-refractivity contribution in [1.29, 1.82) is 0 Å². The molecule has 0 aromatic heterocycles. The normalized spacial score (nSPS) is 10.2. The lowest BCUT2D eigenvalue weighted by molar-refractivity contribution is 0.484. The van der Waals surface area contributed by atoms with Crippen LogP contribution in [0.15, 0.2) is 48.7 Å². The van der Waals surface area contributed by atoms with Gasteiger partial charge in [0.1, 0.15) is 5.75 Å². The summed E-state index contributed by atoms with van der Waals surface area (Å²) in [6.45, 7) is 5.61. The fourth-order valence-corrected chi connectivity index (χ4v) is 1.59. The van der Waals surface area contributed by atoms with E-state index in [1.165, 1.54) is 0 Å². The number of allylic oxidation sites excluding steroid dienone is 1. The lowest BCUT2D eigenvalue weighted by Crippen LogP contribution is -1.93. The number of hydrogen-bond donors (Lipinski definition) is 2. The summed E-state index contributed by atoms with van der Waals surface area (Å²) in [5.74, 6) is 0.274. The summed E-state index contributed by atoms with van der Waals surface area (Å²) in [6, 6.07) is 11.6. The van der Waals surface area contributed by atoms with Crippen molar-refractivity contribution in [2.24, 2.45) is 0 Å². The van der Waals surface area contributed by atoms with Crippen LogP contribution in [0, 0.1) is 0 Å². The number of nitrogens with one attached hydrogen (secondary N) is 1. The van der Waals surface area contributed by atoms with E-state index >= 15 is 0 Å². The SMILES string of the molecule is C=C(C)Nc1ccc2ccccc2c1O. The molecule has 0 amide bonds. The molecule has 0 spiro atoms. The van der Waals surface area contributed by atoms with Gasteiger partial charge < -0.3 is 10.4 Å². The Labute approximate surface area is 88.9 Å². The highest BCUT2D eigenvalue weighted by Gasteiger charge is 2.04. The van der Waals surface area contributed by atoms with Gasteiger partial charge >= 0.3 is 0 Å². The topological polar surface area (TPSA) is 32.3 Å². The molecule has 0 bridgehead atoms. The number of aromatic hydroxyl groups is 1. The number of phenols is 1. The van der Waals surface area contributed by atoms with Gasteiger partial charge in [0.15, 0.2) is 0 Å². The molecule has 0 atom stereocenters. The Morgan fingerprint density at radius 2 is 1.93 bits per heavy atom. The molecule has 15 heavy (non-hydrogen) atoms. The number of fused-ring (bicyclic) bond motifs is 1. The van der Waals surface area contributed by atoms with Crippen molar-refractivity contribution < 1.29 is 5.11 Å². The molecule has 0 saturated heterocycles. The zero-order chi connectivity index (χ0) is 10.8. The minimum Gasteiger partial charge on any atom is -0.505 e. The van der Waals surface area contributed by atoms with E-state index in [0.717, 1.165) is 16.5 Å². The maximum atomic E-state index is 9.99. The van der Waals surface area contributed by atoms with Gasteiger partial charge in [0, 0.05) is 11.1 Å². The average molecular weight is 199 g/mol. The highest BCUT2D eigenvalue weighted by atomic mass is 16.3. The molecule has 2 nitrogen and oxygen atoms in total. The molecule has 0 fully saturated rings. The van der Waals surface area contributed by atoms with Gasteiger partial charge in [-0.25, -0.2) is 0 Å². The predicted molar refractivity (Wildman–Crippen MR) is 64.0 cm³/mol. The molecule has 0 aliphatic carbocycles. The van der Waals surface area contributed by atoms with Gasteiger partial charge in [-0.05, 0) is 18.4 Å². The molecular formula is C13H13NO. The zero-order valence-electron chi connectivity index (χ0n) is 8.62. The molecule has 0 aliphatic heterocycles. The van der Waals surface area contributed by atoms with Gasteiger partial charge in [0.05, 0.1) is 5.69 Å².